The molecule has 2 rings (SSSR count). The van der Waals surface area contributed by atoms with Gasteiger partial charge in [-0.3, -0.25) is 4.98 Å². The van der Waals surface area contributed by atoms with Gasteiger partial charge >= 0.3 is 0 Å². The van der Waals surface area contributed by atoms with Crippen molar-refractivity contribution in [2.45, 2.75) is 38.0 Å². The summed E-state index contributed by atoms with van der Waals surface area (Å²) in [6, 6.07) is 14.7. The van der Waals surface area contributed by atoms with Crippen molar-refractivity contribution in [2.75, 3.05) is 0 Å². The molecule has 2 aromatic rings. The van der Waals surface area contributed by atoms with Crippen LogP contribution in [0, 0.1) is 6.92 Å². The van der Waals surface area contributed by atoms with E-state index in [0.717, 1.165) is 31.4 Å². The summed E-state index contributed by atoms with van der Waals surface area (Å²) in [6.07, 6.45) is 6.03. The summed E-state index contributed by atoms with van der Waals surface area (Å²) in [7, 11) is 0. The van der Waals surface area contributed by atoms with E-state index in [9.17, 15) is 0 Å². The molecule has 0 fully saturated rings. The Labute approximate surface area is 120 Å². The van der Waals surface area contributed by atoms with Crippen LogP contribution in [0.2, 0.25) is 0 Å². The first-order valence-electron chi connectivity index (χ1n) is 6.83. The summed E-state index contributed by atoms with van der Waals surface area (Å²) < 4.78 is 0. The number of rotatable bonds is 6. The lowest BCUT2D eigenvalue weighted by atomic mass is 10.0. The van der Waals surface area contributed by atoms with Gasteiger partial charge in [-0.05, 0) is 43.4 Å². The summed E-state index contributed by atoms with van der Waals surface area (Å²) >= 11 is 6.38. The third-order valence-electron chi connectivity index (χ3n) is 3.23. The number of benzene rings is 1. The number of hydrogen-bond donors (Lipinski definition) is 0. The third-order valence-corrected chi connectivity index (χ3v) is 3.60. The van der Waals surface area contributed by atoms with Gasteiger partial charge in [-0.2, -0.15) is 0 Å². The Bertz CT molecular complexity index is 478. The lowest BCUT2D eigenvalue weighted by molar-refractivity contribution is 0.679. The maximum Gasteiger partial charge on any atom is 0.0418 e. The molecule has 1 atom stereocenters. The smallest absolute Gasteiger partial charge is 0.0418 e. The highest BCUT2D eigenvalue weighted by molar-refractivity contribution is 6.20. The van der Waals surface area contributed by atoms with Gasteiger partial charge in [-0.15, -0.1) is 11.6 Å². The van der Waals surface area contributed by atoms with Crippen LogP contribution < -0.4 is 0 Å². The van der Waals surface area contributed by atoms with Gasteiger partial charge in [-0.1, -0.05) is 36.4 Å². The van der Waals surface area contributed by atoms with Crippen molar-refractivity contribution < 1.29 is 0 Å². The van der Waals surface area contributed by atoms with E-state index in [4.69, 9.17) is 11.6 Å². The number of hydrogen-bond acceptors (Lipinski definition) is 1. The molecule has 0 saturated carbocycles. The molecule has 1 aromatic heterocycles. The Morgan fingerprint density at radius 1 is 1.11 bits per heavy atom. The van der Waals surface area contributed by atoms with Crippen LogP contribution in [0.5, 0.6) is 0 Å². The molecular formula is C17H20ClN. The number of nitrogens with zero attached hydrogens (tertiary/aromatic N) is 1. The average Bonchev–Trinajstić information content (AvgIpc) is 2.43. The summed E-state index contributed by atoms with van der Waals surface area (Å²) in [5.74, 6) is 0. The SMILES string of the molecule is Cc1ccc(CC(Cl)CCCc2ccccc2)nc1. The minimum atomic E-state index is 0.180. The van der Waals surface area contributed by atoms with Gasteiger partial charge in [0, 0.05) is 23.7 Å². The lowest BCUT2D eigenvalue weighted by Gasteiger charge is -2.09. The van der Waals surface area contributed by atoms with Crippen molar-refractivity contribution in [2.24, 2.45) is 0 Å². The van der Waals surface area contributed by atoms with E-state index in [2.05, 4.69) is 54.4 Å². The minimum Gasteiger partial charge on any atom is -0.261 e. The molecule has 0 spiro atoms. The van der Waals surface area contributed by atoms with Crippen LogP contribution in [0.3, 0.4) is 0 Å². The van der Waals surface area contributed by atoms with Crippen molar-refractivity contribution in [1.29, 1.82) is 0 Å². The van der Waals surface area contributed by atoms with Gasteiger partial charge in [0.2, 0.25) is 0 Å². The summed E-state index contributed by atoms with van der Waals surface area (Å²) in [4.78, 5) is 4.40. The number of alkyl halides is 1. The zero-order valence-corrected chi connectivity index (χ0v) is 12.1. The van der Waals surface area contributed by atoms with Crippen molar-refractivity contribution in [1.82, 2.24) is 4.98 Å². The van der Waals surface area contributed by atoms with E-state index in [1.165, 1.54) is 11.1 Å². The summed E-state index contributed by atoms with van der Waals surface area (Å²) in [6.45, 7) is 2.05. The number of halogens is 1. The van der Waals surface area contributed by atoms with E-state index in [1.807, 2.05) is 6.20 Å². The highest BCUT2D eigenvalue weighted by Gasteiger charge is 2.07. The maximum atomic E-state index is 6.38. The molecule has 0 radical (unpaired) electrons. The number of aromatic nitrogens is 1. The van der Waals surface area contributed by atoms with Gasteiger partial charge in [0.15, 0.2) is 0 Å². The van der Waals surface area contributed by atoms with Crippen LogP contribution in [-0.2, 0) is 12.8 Å². The van der Waals surface area contributed by atoms with Gasteiger partial charge in [0.1, 0.15) is 0 Å². The van der Waals surface area contributed by atoms with E-state index in [-0.39, 0.29) is 5.38 Å². The number of aryl methyl sites for hydroxylation is 2. The van der Waals surface area contributed by atoms with Crippen molar-refractivity contribution >= 4 is 11.6 Å². The second-order valence-electron chi connectivity index (χ2n) is 5.01. The fourth-order valence-electron chi connectivity index (χ4n) is 2.12. The molecule has 0 N–H and O–H groups in total. The molecule has 1 nitrogen and oxygen atoms in total. The van der Waals surface area contributed by atoms with Crippen molar-refractivity contribution in [3.05, 3.63) is 65.5 Å². The Balaban J connectivity index is 1.73. The zero-order chi connectivity index (χ0) is 13.5. The topological polar surface area (TPSA) is 12.9 Å². The molecule has 1 unspecified atom stereocenters. The highest BCUT2D eigenvalue weighted by Crippen LogP contribution is 2.14. The Kier molecular flexibility index (Phi) is 5.41. The molecule has 0 amide bonds. The minimum absolute atomic E-state index is 0.180. The van der Waals surface area contributed by atoms with E-state index >= 15 is 0 Å². The molecule has 0 aliphatic carbocycles. The predicted octanol–water partition coefficient (Wildman–Crippen LogP) is 4.56. The normalized spacial score (nSPS) is 12.3. The van der Waals surface area contributed by atoms with Crippen LogP contribution in [0.25, 0.3) is 0 Å². The van der Waals surface area contributed by atoms with Crippen LogP contribution in [0.15, 0.2) is 48.7 Å². The molecule has 0 bridgehead atoms. The van der Waals surface area contributed by atoms with Crippen LogP contribution >= 0.6 is 11.6 Å². The molecule has 2 heteroatoms. The highest BCUT2D eigenvalue weighted by atomic mass is 35.5. The summed E-state index contributed by atoms with van der Waals surface area (Å²) in [5, 5.41) is 0.180. The second kappa shape index (κ2) is 7.30. The summed E-state index contributed by atoms with van der Waals surface area (Å²) in [5.41, 5.74) is 3.67. The van der Waals surface area contributed by atoms with Crippen LogP contribution in [0.1, 0.15) is 29.7 Å². The van der Waals surface area contributed by atoms with Gasteiger partial charge in [0.05, 0.1) is 0 Å². The third kappa shape index (κ3) is 5.04. The van der Waals surface area contributed by atoms with E-state index in [1.54, 1.807) is 0 Å². The van der Waals surface area contributed by atoms with E-state index in [0.29, 0.717) is 0 Å². The quantitative estimate of drug-likeness (QED) is 0.703. The lowest BCUT2D eigenvalue weighted by Crippen LogP contribution is -2.05. The molecule has 19 heavy (non-hydrogen) atoms. The molecule has 0 aliphatic rings. The Morgan fingerprint density at radius 2 is 1.89 bits per heavy atom. The molecule has 1 heterocycles. The second-order valence-corrected chi connectivity index (χ2v) is 5.62. The fraction of sp³-hybridized carbons (Fsp3) is 0.353. The molecule has 100 valence electrons. The molecule has 0 saturated heterocycles. The largest absolute Gasteiger partial charge is 0.261 e. The average molecular weight is 274 g/mol. The maximum absolute atomic E-state index is 6.38. The van der Waals surface area contributed by atoms with Gasteiger partial charge in [0.25, 0.3) is 0 Å². The predicted molar refractivity (Wildman–Crippen MR) is 81.7 cm³/mol. The standard InChI is InChI=1S/C17H20ClN/c1-14-10-11-17(19-13-14)12-16(18)9-5-8-15-6-3-2-4-7-15/h2-4,6-7,10-11,13,16H,5,8-9,12H2,1H3. The first kappa shape index (κ1) is 14.1. The number of pyridine rings is 1. The monoisotopic (exact) mass is 273 g/mol. The zero-order valence-electron chi connectivity index (χ0n) is 11.3. The first-order chi connectivity index (χ1) is 9.24. The van der Waals surface area contributed by atoms with E-state index < -0.39 is 0 Å². The first-order valence-corrected chi connectivity index (χ1v) is 7.27. The molecular weight excluding hydrogens is 254 g/mol. The van der Waals surface area contributed by atoms with Gasteiger partial charge in [-0.25, -0.2) is 0 Å². The van der Waals surface area contributed by atoms with Crippen LogP contribution in [0.4, 0.5) is 0 Å². The van der Waals surface area contributed by atoms with Gasteiger partial charge < -0.3 is 0 Å². The molecule has 0 aliphatic heterocycles. The van der Waals surface area contributed by atoms with Crippen LogP contribution in [-0.4, -0.2) is 10.4 Å². The fourth-order valence-corrected chi connectivity index (χ4v) is 2.43. The van der Waals surface area contributed by atoms with Crippen molar-refractivity contribution in [3.8, 4) is 0 Å². The Hall–Kier alpha value is -1.34. The van der Waals surface area contributed by atoms with Crippen molar-refractivity contribution in [3.63, 3.8) is 0 Å². The molecule has 1 aromatic carbocycles. The Morgan fingerprint density at radius 3 is 2.58 bits per heavy atom.